The fourth-order valence-corrected chi connectivity index (χ4v) is 2.80. The second-order valence-corrected chi connectivity index (χ2v) is 9.35. The van der Waals surface area contributed by atoms with E-state index in [4.69, 9.17) is 9.63 Å². The summed E-state index contributed by atoms with van der Waals surface area (Å²) < 4.78 is 16.5. The van der Waals surface area contributed by atoms with Crippen molar-refractivity contribution in [3.63, 3.8) is 0 Å². The van der Waals surface area contributed by atoms with E-state index in [1.54, 1.807) is 0 Å². The van der Waals surface area contributed by atoms with Gasteiger partial charge in [-0.3, -0.25) is 9.36 Å². The number of carbonyl (C=O) groups is 2. The predicted octanol–water partition coefficient (Wildman–Crippen LogP) is 4.03. The molecule has 0 aromatic rings. The maximum Gasteiger partial charge on any atom is 0.328 e. The van der Waals surface area contributed by atoms with Gasteiger partial charge in [0.15, 0.2) is 13.4 Å². The smallest absolute Gasteiger partial charge is 0.328 e. The van der Waals surface area contributed by atoms with E-state index in [-0.39, 0.29) is 12.5 Å². The van der Waals surface area contributed by atoms with Crippen molar-refractivity contribution in [3.05, 3.63) is 0 Å². The first kappa shape index (κ1) is 23.1. The second-order valence-electron chi connectivity index (χ2n) is 6.58. The van der Waals surface area contributed by atoms with Gasteiger partial charge >= 0.3 is 5.97 Å². The van der Waals surface area contributed by atoms with Crippen LogP contribution in [0, 0.1) is 0 Å². The molecule has 0 unspecified atom stereocenters. The van der Waals surface area contributed by atoms with Crippen LogP contribution in [0.2, 0.25) is 0 Å². The molecule has 0 aromatic heterocycles. The zero-order valence-corrected chi connectivity index (χ0v) is 16.3. The molecule has 1 amide bonds. The van der Waals surface area contributed by atoms with Crippen LogP contribution in [0.3, 0.4) is 0 Å². The average molecular weight is 363 g/mol. The lowest BCUT2D eigenvalue weighted by atomic mass is 10.1. The van der Waals surface area contributed by atoms with Gasteiger partial charge in [-0.05, 0) is 6.42 Å². The van der Waals surface area contributed by atoms with Crippen molar-refractivity contribution in [2.45, 2.75) is 77.2 Å². The highest BCUT2D eigenvalue weighted by atomic mass is 31.2. The number of nitrogens with one attached hydrogen (secondary N) is 1. The van der Waals surface area contributed by atoms with Gasteiger partial charge in [-0.2, -0.15) is 0 Å². The third-order valence-corrected chi connectivity index (χ3v) is 4.46. The summed E-state index contributed by atoms with van der Waals surface area (Å²) in [5.41, 5.74) is 0. The third-order valence-electron chi connectivity index (χ3n) is 3.69. The van der Waals surface area contributed by atoms with E-state index in [0.29, 0.717) is 6.42 Å². The van der Waals surface area contributed by atoms with Crippen LogP contribution in [0.4, 0.5) is 0 Å². The van der Waals surface area contributed by atoms with Gasteiger partial charge in [0.1, 0.15) is 0 Å². The number of carboxylic acid groups (broad SMARTS) is 1. The molecule has 2 N–H and O–H groups in total. The number of amides is 1. The summed E-state index contributed by atoms with van der Waals surface area (Å²) in [6, 6.07) is -1.15. The molecule has 0 rings (SSSR count). The molecular weight excluding hydrogens is 329 g/mol. The molecule has 0 fully saturated rings. The Morgan fingerprint density at radius 3 is 1.96 bits per heavy atom. The van der Waals surface area contributed by atoms with Gasteiger partial charge in [0.25, 0.3) is 0 Å². The van der Waals surface area contributed by atoms with E-state index in [1.807, 2.05) is 0 Å². The minimum Gasteiger partial charge on any atom is -0.480 e. The summed E-state index contributed by atoms with van der Waals surface area (Å²) in [4.78, 5) is 22.9. The minimum atomic E-state index is -2.76. The zero-order valence-electron chi connectivity index (χ0n) is 15.4. The Kier molecular flexibility index (Phi) is 12.9. The normalized spacial score (nSPS) is 12.8. The lowest BCUT2D eigenvalue weighted by Crippen LogP contribution is -2.43. The molecule has 0 heterocycles. The van der Waals surface area contributed by atoms with Gasteiger partial charge in [-0.15, -0.1) is 0 Å². The summed E-state index contributed by atoms with van der Waals surface area (Å²) in [5.74, 6) is -1.47. The molecule has 0 aliphatic heterocycles. The molecule has 0 bridgehead atoms. The summed E-state index contributed by atoms with van der Waals surface area (Å²) in [6.45, 7) is 4.75. The molecule has 0 saturated carbocycles. The van der Waals surface area contributed by atoms with E-state index in [0.717, 1.165) is 19.3 Å². The van der Waals surface area contributed by atoms with Gasteiger partial charge in [0, 0.05) is 19.8 Å². The fourth-order valence-electron chi connectivity index (χ4n) is 2.29. The van der Waals surface area contributed by atoms with Gasteiger partial charge < -0.3 is 14.9 Å². The maximum atomic E-state index is 11.8. The number of hydrogen-bond acceptors (Lipinski definition) is 4. The topological polar surface area (TPSA) is 92.7 Å². The van der Waals surface area contributed by atoms with Crippen molar-refractivity contribution in [3.8, 4) is 0 Å². The molecular formula is C17H34NO5P. The number of unbranched alkanes of at least 4 members (excludes halogenated alkanes) is 8. The molecule has 0 aliphatic rings. The van der Waals surface area contributed by atoms with Gasteiger partial charge in [-0.1, -0.05) is 58.3 Å². The number of hydrogen-bond donors (Lipinski definition) is 2. The Labute approximate surface area is 146 Å². The van der Waals surface area contributed by atoms with E-state index < -0.39 is 19.4 Å². The molecule has 6 nitrogen and oxygen atoms in total. The van der Waals surface area contributed by atoms with Crippen LogP contribution in [0.25, 0.3) is 0 Å². The monoisotopic (exact) mass is 363 g/mol. The minimum absolute atomic E-state index is 0.275. The van der Waals surface area contributed by atoms with E-state index >= 15 is 0 Å². The number of rotatable bonds is 15. The number of aliphatic carboxylic acids is 1. The first-order valence-electron chi connectivity index (χ1n) is 8.98. The summed E-state index contributed by atoms with van der Waals surface area (Å²) in [5, 5.41) is 11.5. The van der Waals surface area contributed by atoms with E-state index in [1.165, 1.54) is 51.9 Å². The molecule has 1 atom stereocenters. The first-order valence-corrected chi connectivity index (χ1v) is 11.5. The molecule has 0 spiro atoms. The zero-order chi connectivity index (χ0) is 18.4. The second kappa shape index (κ2) is 13.4. The summed E-state index contributed by atoms with van der Waals surface area (Å²) in [6.07, 6.45) is 10.8. The molecule has 0 aromatic carbocycles. The summed E-state index contributed by atoms with van der Waals surface area (Å²) in [7, 11) is -2.76. The third kappa shape index (κ3) is 14.7. The summed E-state index contributed by atoms with van der Waals surface area (Å²) >= 11 is 0. The molecule has 24 heavy (non-hydrogen) atoms. The molecule has 0 radical (unpaired) electrons. The van der Waals surface area contributed by atoms with Gasteiger partial charge in [0.2, 0.25) is 5.91 Å². The Morgan fingerprint density at radius 1 is 1.00 bits per heavy atom. The quantitative estimate of drug-likeness (QED) is 0.338. The van der Waals surface area contributed by atoms with Crippen molar-refractivity contribution in [2.24, 2.45) is 0 Å². The van der Waals surface area contributed by atoms with Crippen LogP contribution in [0.15, 0.2) is 0 Å². The van der Waals surface area contributed by atoms with Crippen LogP contribution in [0.5, 0.6) is 0 Å². The van der Waals surface area contributed by atoms with Crippen molar-refractivity contribution in [1.82, 2.24) is 5.32 Å². The lowest BCUT2D eigenvalue weighted by Gasteiger charge is -2.16. The highest BCUT2D eigenvalue weighted by Gasteiger charge is 2.22. The average Bonchev–Trinajstić information content (AvgIpc) is 2.48. The highest BCUT2D eigenvalue weighted by molar-refractivity contribution is 7.57. The van der Waals surface area contributed by atoms with Crippen molar-refractivity contribution in [1.29, 1.82) is 0 Å². The van der Waals surface area contributed by atoms with Crippen LogP contribution in [-0.4, -0.2) is 43.0 Å². The largest absolute Gasteiger partial charge is 0.480 e. The SMILES string of the molecule is CCCCCCCCCCCC(=O)N[C@@H](COP(C)(C)=O)C(=O)O. The molecule has 7 heteroatoms. The Balaban J connectivity index is 3.78. The van der Waals surface area contributed by atoms with Gasteiger partial charge in [0.05, 0.1) is 6.61 Å². The van der Waals surface area contributed by atoms with Crippen molar-refractivity contribution < 1.29 is 23.8 Å². The van der Waals surface area contributed by atoms with Crippen molar-refractivity contribution in [2.75, 3.05) is 19.9 Å². The fraction of sp³-hybridized carbons (Fsp3) is 0.882. The first-order chi connectivity index (χ1) is 11.3. The van der Waals surface area contributed by atoms with Crippen LogP contribution in [0.1, 0.15) is 71.1 Å². The van der Waals surface area contributed by atoms with E-state index in [9.17, 15) is 14.2 Å². The van der Waals surface area contributed by atoms with Gasteiger partial charge in [-0.25, -0.2) is 4.79 Å². The van der Waals surface area contributed by atoms with Crippen LogP contribution in [-0.2, 0) is 18.7 Å². The standard InChI is InChI=1S/C17H34NO5P/c1-4-5-6-7-8-9-10-11-12-13-16(19)18-15(17(20)21)14-23-24(2,3)22/h15H,4-14H2,1-3H3,(H,18,19)(H,20,21)/t15-/m0/s1. The highest BCUT2D eigenvalue weighted by Crippen LogP contribution is 2.37. The molecule has 0 saturated heterocycles. The van der Waals surface area contributed by atoms with Crippen molar-refractivity contribution >= 4 is 19.2 Å². The maximum absolute atomic E-state index is 11.8. The molecule has 0 aliphatic carbocycles. The molecule has 142 valence electrons. The Morgan fingerprint density at radius 2 is 1.50 bits per heavy atom. The Bertz CT molecular complexity index is 408. The van der Waals surface area contributed by atoms with E-state index in [2.05, 4.69) is 12.2 Å². The Hall–Kier alpha value is -0.870. The predicted molar refractivity (Wildman–Crippen MR) is 96.8 cm³/mol. The number of carboxylic acids is 1. The van der Waals surface area contributed by atoms with Crippen LogP contribution < -0.4 is 5.32 Å². The lowest BCUT2D eigenvalue weighted by molar-refractivity contribution is -0.142. The number of carbonyl (C=O) groups excluding carboxylic acids is 1. The van der Waals surface area contributed by atoms with Crippen LogP contribution >= 0.6 is 7.37 Å².